The SMILES string of the molecule is CCN(CC)c1ccc(/C(S)=C(\S)c2ccccc2)cc1. The quantitative estimate of drug-likeness (QED) is 0.565. The molecule has 0 bridgehead atoms. The van der Waals surface area contributed by atoms with Crippen LogP contribution in [0.4, 0.5) is 5.69 Å². The van der Waals surface area contributed by atoms with Crippen LogP contribution in [-0.2, 0) is 0 Å². The highest BCUT2D eigenvalue weighted by Crippen LogP contribution is 2.32. The van der Waals surface area contributed by atoms with Crippen molar-refractivity contribution in [2.24, 2.45) is 0 Å². The predicted octanol–water partition coefficient (Wildman–Crippen LogP) is 5.22. The molecule has 0 aromatic heterocycles. The summed E-state index contributed by atoms with van der Waals surface area (Å²) in [4.78, 5) is 4.12. The summed E-state index contributed by atoms with van der Waals surface area (Å²) in [6, 6.07) is 18.6. The van der Waals surface area contributed by atoms with Crippen LogP contribution >= 0.6 is 25.3 Å². The van der Waals surface area contributed by atoms with Crippen molar-refractivity contribution in [3.05, 3.63) is 65.7 Å². The first-order valence-electron chi connectivity index (χ1n) is 7.20. The molecule has 2 aromatic rings. The molecule has 0 radical (unpaired) electrons. The van der Waals surface area contributed by atoms with Gasteiger partial charge in [0.2, 0.25) is 0 Å². The normalized spacial score (nSPS) is 12.0. The van der Waals surface area contributed by atoms with E-state index in [4.69, 9.17) is 0 Å². The summed E-state index contributed by atoms with van der Waals surface area (Å²) in [7, 11) is 0. The molecule has 0 saturated heterocycles. The lowest BCUT2D eigenvalue weighted by atomic mass is 10.1. The van der Waals surface area contributed by atoms with Gasteiger partial charge < -0.3 is 4.90 Å². The number of hydrogen-bond donors (Lipinski definition) is 2. The van der Waals surface area contributed by atoms with Gasteiger partial charge in [-0.15, -0.1) is 25.3 Å². The maximum Gasteiger partial charge on any atom is 0.0366 e. The van der Waals surface area contributed by atoms with E-state index in [-0.39, 0.29) is 0 Å². The van der Waals surface area contributed by atoms with Crippen LogP contribution in [0.1, 0.15) is 25.0 Å². The fourth-order valence-corrected chi connectivity index (χ4v) is 2.84. The molecule has 3 heteroatoms. The molecule has 0 fully saturated rings. The van der Waals surface area contributed by atoms with Crippen LogP contribution in [0, 0.1) is 0 Å². The molecule has 21 heavy (non-hydrogen) atoms. The third-order valence-electron chi connectivity index (χ3n) is 3.54. The fraction of sp³-hybridized carbons (Fsp3) is 0.222. The fourth-order valence-electron chi connectivity index (χ4n) is 2.29. The minimum atomic E-state index is 0.898. The molecule has 110 valence electrons. The van der Waals surface area contributed by atoms with Gasteiger partial charge in [0.15, 0.2) is 0 Å². The maximum absolute atomic E-state index is 4.65. The molecular formula is C18H21NS2. The molecule has 0 saturated carbocycles. The second-order valence-electron chi connectivity index (χ2n) is 4.78. The zero-order valence-corrected chi connectivity index (χ0v) is 14.2. The van der Waals surface area contributed by atoms with E-state index in [1.165, 1.54) is 5.69 Å². The Bertz CT molecular complexity index is 599. The van der Waals surface area contributed by atoms with Crippen LogP contribution < -0.4 is 4.90 Å². The number of anilines is 1. The lowest BCUT2D eigenvalue weighted by Crippen LogP contribution is -2.21. The molecular weight excluding hydrogens is 294 g/mol. The Morgan fingerprint density at radius 2 is 1.24 bits per heavy atom. The van der Waals surface area contributed by atoms with Crippen molar-refractivity contribution in [1.29, 1.82) is 0 Å². The number of thiol groups is 2. The summed E-state index contributed by atoms with van der Waals surface area (Å²) in [6.45, 7) is 6.37. The number of benzene rings is 2. The number of rotatable bonds is 5. The first kappa shape index (κ1) is 16.1. The summed E-state index contributed by atoms with van der Waals surface area (Å²) >= 11 is 9.27. The Morgan fingerprint density at radius 3 is 1.71 bits per heavy atom. The minimum Gasteiger partial charge on any atom is -0.372 e. The van der Waals surface area contributed by atoms with Crippen molar-refractivity contribution >= 4 is 40.8 Å². The first-order valence-corrected chi connectivity index (χ1v) is 8.09. The molecule has 0 heterocycles. The Hall–Kier alpha value is -1.32. The van der Waals surface area contributed by atoms with Gasteiger partial charge in [-0.05, 0) is 37.1 Å². The highest BCUT2D eigenvalue weighted by atomic mass is 32.1. The van der Waals surface area contributed by atoms with E-state index in [1.807, 2.05) is 30.3 Å². The molecule has 0 aliphatic carbocycles. The summed E-state index contributed by atoms with van der Waals surface area (Å²) < 4.78 is 0. The Morgan fingerprint density at radius 1 is 0.762 bits per heavy atom. The molecule has 0 N–H and O–H groups in total. The third-order valence-corrected chi connectivity index (χ3v) is 4.68. The van der Waals surface area contributed by atoms with Gasteiger partial charge in [-0.2, -0.15) is 0 Å². The molecule has 0 aliphatic heterocycles. The molecule has 1 nitrogen and oxygen atoms in total. The zero-order valence-electron chi connectivity index (χ0n) is 12.5. The van der Waals surface area contributed by atoms with Gasteiger partial charge in [-0.25, -0.2) is 0 Å². The van der Waals surface area contributed by atoms with E-state index in [1.54, 1.807) is 0 Å². The summed E-state index contributed by atoms with van der Waals surface area (Å²) in [5.74, 6) is 0. The lowest BCUT2D eigenvalue weighted by Gasteiger charge is -2.21. The topological polar surface area (TPSA) is 3.24 Å². The van der Waals surface area contributed by atoms with Crippen molar-refractivity contribution in [2.45, 2.75) is 13.8 Å². The van der Waals surface area contributed by atoms with Gasteiger partial charge >= 0.3 is 0 Å². The largest absolute Gasteiger partial charge is 0.372 e. The van der Waals surface area contributed by atoms with E-state index < -0.39 is 0 Å². The van der Waals surface area contributed by atoms with E-state index in [0.29, 0.717) is 0 Å². The highest BCUT2D eigenvalue weighted by Gasteiger charge is 2.06. The first-order chi connectivity index (χ1) is 10.2. The Balaban J connectivity index is 2.30. The second kappa shape index (κ2) is 7.62. The molecule has 2 rings (SSSR count). The third kappa shape index (κ3) is 3.86. The van der Waals surface area contributed by atoms with Gasteiger partial charge in [0.25, 0.3) is 0 Å². The molecule has 0 amide bonds. The van der Waals surface area contributed by atoms with Crippen LogP contribution in [0.15, 0.2) is 54.6 Å². The monoisotopic (exact) mass is 315 g/mol. The van der Waals surface area contributed by atoms with Crippen molar-refractivity contribution in [2.75, 3.05) is 18.0 Å². The van der Waals surface area contributed by atoms with E-state index in [2.05, 4.69) is 68.3 Å². The zero-order chi connectivity index (χ0) is 15.2. The number of nitrogens with zero attached hydrogens (tertiary/aromatic N) is 1. The van der Waals surface area contributed by atoms with Gasteiger partial charge in [-0.1, -0.05) is 42.5 Å². The average molecular weight is 316 g/mol. The lowest BCUT2D eigenvalue weighted by molar-refractivity contribution is 0.866. The van der Waals surface area contributed by atoms with E-state index in [0.717, 1.165) is 34.0 Å². The summed E-state index contributed by atoms with van der Waals surface area (Å²) in [5.41, 5.74) is 3.41. The van der Waals surface area contributed by atoms with Crippen molar-refractivity contribution in [1.82, 2.24) is 0 Å². The smallest absolute Gasteiger partial charge is 0.0366 e. The van der Waals surface area contributed by atoms with Crippen LogP contribution in [0.3, 0.4) is 0 Å². The molecule has 0 aliphatic rings. The van der Waals surface area contributed by atoms with Crippen LogP contribution in [0.25, 0.3) is 9.81 Å². The minimum absolute atomic E-state index is 0.898. The van der Waals surface area contributed by atoms with E-state index in [9.17, 15) is 0 Å². The summed E-state index contributed by atoms with van der Waals surface area (Å²) in [5, 5.41) is 0. The van der Waals surface area contributed by atoms with Crippen molar-refractivity contribution < 1.29 is 0 Å². The number of hydrogen-bond acceptors (Lipinski definition) is 3. The van der Waals surface area contributed by atoms with Gasteiger partial charge in [0.1, 0.15) is 0 Å². The highest BCUT2D eigenvalue weighted by molar-refractivity contribution is 7.96. The van der Waals surface area contributed by atoms with Gasteiger partial charge in [-0.3, -0.25) is 0 Å². The molecule has 0 spiro atoms. The second-order valence-corrected chi connectivity index (χ2v) is 5.68. The van der Waals surface area contributed by atoms with Gasteiger partial charge in [0.05, 0.1) is 0 Å². The van der Waals surface area contributed by atoms with Crippen molar-refractivity contribution in [3.63, 3.8) is 0 Å². The predicted molar refractivity (Wildman–Crippen MR) is 101 cm³/mol. The standard InChI is InChI=1S/C18H21NS2/c1-3-19(4-2)16-12-10-15(11-13-16)18(21)17(20)14-8-6-5-7-9-14/h5-13,20-21H,3-4H2,1-2H3/b18-17+. The van der Waals surface area contributed by atoms with Crippen molar-refractivity contribution in [3.8, 4) is 0 Å². The van der Waals surface area contributed by atoms with E-state index >= 15 is 0 Å². The summed E-state index contributed by atoms with van der Waals surface area (Å²) in [6.07, 6.45) is 0. The average Bonchev–Trinajstić information content (AvgIpc) is 2.56. The molecule has 0 unspecified atom stereocenters. The molecule has 2 aromatic carbocycles. The van der Waals surface area contributed by atoms with Crippen LogP contribution in [0.5, 0.6) is 0 Å². The van der Waals surface area contributed by atoms with Crippen LogP contribution in [0.2, 0.25) is 0 Å². The Labute approximate surface area is 138 Å². The van der Waals surface area contributed by atoms with Crippen LogP contribution in [-0.4, -0.2) is 13.1 Å². The molecule has 0 atom stereocenters. The van der Waals surface area contributed by atoms with Gasteiger partial charge in [0, 0.05) is 28.6 Å². The Kier molecular flexibility index (Phi) is 5.83. The maximum atomic E-state index is 4.65.